The van der Waals surface area contributed by atoms with Crippen LogP contribution in [0.15, 0.2) is 18.3 Å². The third-order valence-electron chi connectivity index (χ3n) is 1.93. The van der Waals surface area contributed by atoms with E-state index in [4.69, 9.17) is 18.0 Å². The molecule has 0 spiro atoms. The van der Waals surface area contributed by atoms with Crippen molar-refractivity contribution in [1.82, 2.24) is 19.9 Å². The van der Waals surface area contributed by atoms with Crippen molar-refractivity contribution in [1.29, 1.82) is 0 Å². The van der Waals surface area contributed by atoms with Gasteiger partial charge in [0.15, 0.2) is 0 Å². The van der Waals surface area contributed by atoms with Crippen molar-refractivity contribution in [2.45, 2.75) is 6.92 Å². The number of aryl methyl sites for hydroxylation is 1. The molecule has 0 aliphatic heterocycles. The summed E-state index contributed by atoms with van der Waals surface area (Å²) in [5.74, 6) is 0.853. The zero-order valence-electron chi connectivity index (χ0n) is 8.06. The highest BCUT2D eigenvalue weighted by Gasteiger charge is 2.04. The maximum atomic E-state index is 5.55. The number of aromatic nitrogens is 4. The van der Waals surface area contributed by atoms with Crippen molar-refractivity contribution in [2.24, 2.45) is 0 Å². The number of aromatic amines is 1. The first-order chi connectivity index (χ1) is 7.16. The molecule has 0 bridgehead atoms. The lowest BCUT2D eigenvalue weighted by Gasteiger charge is -2.03. The summed E-state index contributed by atoms with van der Waals surface area (Å²) >= 11 is 4.89. The summed E-state index contributed by atoms with van der Waals surface area (Å²) in [5, 5.41) is 0. The van der Waals surface area contributed by atoms with Gasteiger partial charge in [0, 0.05) is 17.5 Å². The Kier molecular flexibility index (Phi) is 2.42. The fourth-order valence-corrected chi connectivity index (χ4v) is 1.45. The fraction of sp³-hybridized carbons (Fsp3) is 0.111. The SMILES string of the molecule is Cc1ncccc1-c1nc(=S)nc(N)[nH]1. The van der Waals surface area contributed by atoms with E-state index in [2.05, 4.69) is 19.9 Å². The van der Waals surface area contributed by atoms with Crippen molar-refractivity contribution >= 4 is 18.2 Å². The number of anilines is 1. The number of rotatable bonds is 1. The normalized spacial score (nSPS) is 10.2. The lowest BCUT2D eigenvalue weighted by molar-refractivity contribution is 1.04. The van der Waals surface area contributed by atoms with Gasteiger partial charge in [-0.25, -0.2) is 4.98 Å². The van der Waals surface area contributed by atoms with Crippen LogP contribution in [0.3, 0.4) is 0 Å². The molecule has 0 aliphatic carbocycles. The Morgan fingerprint density at radius 3 is 2.87 bits per heavy atom. The number of pyridine rings is 1. The molecular formula is C9H9N5S. The maximum absolute atomic E-state index is 5.55. The minimum atomic E-state index is 0.226. The van der Waals surface area contributed by atoms with Crippen molar-refractivity contribution < 1.29 is 0 Å². The van der Waals surface area contributed by atoms with Gasteiger partial charge in [-0.3, -0.25) is 4.98 Å². The molecule has 2 heterocycles. The molecule has 0 radical (unpaired) electrons. The molecule has 5 nitrogen and oxygen atoms in total. The zero-order valence-corrected chi connectivity index (χ0v) is 8.88. The Labute approximate surface area is 91.4 Å². The monoisotopic (exact) mass is 219 g/mol. The Balaban J connectivity index is 2.64. The van der Waals surface area contributed by atoms with Gasteiger partial charge in [0.1, 0.15) is 5.82 Å². The second kappa shape index (κ2) is 3.74. The van der Waals surface area contributed by atoms with E-state index >= 15 is 0 Å². The highest BCUT2D eigenvalue weighted by atomic mass is 32.1. The molecule has 2 rings (SSSR count). The van der Waals surface area contributed by atoms with Crippen LogP contribution in [-0.4, -0.2) is 19.9 Å². The average molecular weight is 219 g/mol. The van der Waals surface area contributed by atoms with Crippen molar-refractivity contribution in [3.05, 3.63) is 28.8 Å². The van der Waals surface area contributed by atoms with E-state index < -0.39 is 0 Å². The Morgan fingerprint density at radius 2 is 2.20 bits per heavy atom. The summed E-state index contributed by atoms with van der Waals surface area (Å²) in [7, 11) is 0. The van der Waals surface area contributed by atoms with Gasteiger partial charge in [0.2, 0.25) is 10.7 Å². The van der Waals surface area contributed by atoms with Crippen molar-refractivity contribution in [2.75, 3.05) is 5.73 Å². The summed E-state index contributed by atoms with van der Waals surface area (Å²) in [6.07, 6.45) is 1.72. The molecule has 6 heteroatoms. The van der Waals surface area contributed by atoms with Gasteiger partial charge in [-0.1, -0.05) is 0 Å². The average Bonchev–Trinajstić information content (AvgIpc) is 2.16. The standard InChI is InChI=1S/C9H9N5S/c1-5-6(3-2-4-11-5)7-12-8(10)14-9(15)13-7/h2-4H,1H3,(H3,10,12,13,14,15). The Hall–Kier alpha value is -1.82. The molecule has 0 amide bonds. The number of nitrogen functional groups attached to an aromatic ring is 1. The van der Waals surface area contributed by atoms with Gasteiger partial charge in [-0.15, -0.1) is 0 Å². The van der Waals surface area contributed by atoms with Crippen LogP contribution in [0.2, 0.25) is 0 Å². The van der Waals surface area contributed by atoms with Crippen molar-refractivity contribution in [3.63, 3.8) is 0 Å². The second-order valence-corrected chi connectivity index (χ2v) is 3.37. The van der Waals surface area contributed by atoms with Crippen molar-refractivity contribution in [3.8, 4) is 11.4 Å². The molecule has 76 valence electrons. The summed E-state index contributed by atoms with van der Waals surface area (Å²) in [6, 6.07) is 3.73. The van der Waals surface area contributed by atoms with Crippen LogP contribution in [0, 0.1) is 11.7 Å². The lowest BCUT2D eigenvalue weighted by Crippen LogP contribution is -2.01. The number of hydrogen-bond donors (Lipinski definition) is 2. The van der Waals surface area contributed by atoms with E-state index in [0.29, 0.717) is 5.82 Å². The molecule has 0 saturated carbocycles. The maximum Gasteiger partial charge on any atom is 0.224 e. The minimum absolute atomic E-state index is 0.226. The third-order valence-corrected chi connectivity index (χ3v) is 2.11. The van der Waals surface area contributed by atoms with Gasteiger partial charge < -0.3 is 10.7 Å². The summed E-state index contributed by atoms with van der Waals surface area (Å²) in [5.41, 5.74) is 7.29. The van der Waals surface area contributed by atoms with Gasteiger partial charge in [0.25, 0.3) is 0 Å². The van der Waals surface area contributed by atoms with Gasteiger partial charge in [0.05, 0.1) is 0 Å². The first-order valence-electron chi connectivity index (χ1n) is 4.32. The number of nitrogens with zero attached hydrogens (tertiary/aromatic N) is 3. The highest BCUT2D eigenvalue weighted by Crippen LogP contribution is 2.16. The predicted molar refractivity (Wildman–Crippen MR) is 59.6 cm³/mol. The molecule has 15 heavy (non-hydrogen) atoms. The fourth-order valence-electron chi connectivity index (χ4n) is 1.26. The molecule has 2 aromatic rings. The third kappa shape index (κ3) is 1.99. The molecule has 2 aromatic heterocycles. The van der Waals surface area contributed by atoms with Crippen LogP contribution in [-0.2, 0) is 0 Å². The molecule has 0 fully saturated rings. The van der Waals surface area contributed by atoms with Gasteiger partial charge in [-0.05, 0) is 31.3 Å². The summed E-state index contributed by atoms with van der Waals surface area (Å²) in [6.45, 7) is 1.89. The van der Waals surface area contributed by atoms with E-state index in [1.807, 2.05) is 19.1 Å². The summed E-state index contributed by atoms with van der Waals surface area (Å²) < 4.78 is 0.226. The molecular weight excluding hydrogens is 210 g/mol. The smallest absolute Gasteiger partial charge is 0.224 e. The zero-order chi connectivity index (χ0) is 10.8. The van der Waals surface area contributed by atoms with E-state index in [1.54, 1.807) is 6.20 Å². The quantitative estimate of drug-likeness (QED) is 0.710. The van der Waals surface area contributed by atoms with Crippen LogP contribution < -0.4 is 5.73 Å². The van der Waals surface area contributed by atoms with Gasteiger partial charge >= 0.3 is 0 Å². The largest absolute Gasteiger partial charge is 0.369 e. The first-order valence-corrected chi connectivity index (χ1v) is 4.73. The molecule has 0 unspecified atom stereocenters. The first kappa shape index (κ1) is 9.72. The van der Waals surface area contributed by atoms with Crippen LogP contribution in [0.25, 0.3) is 11.4 Å². The number of H-pyrrole nitrogens is 1. The summed E-state index contributed by atoms with van der Waals surface area (Å²) in [4.78, 5) is 14.9. The topological polar surface area (TPSA) is 80.5 Å². The van der Waals surface area contributed by atoms with E-state index in [9.17, 15) is 0 Å². The van der Waals surface area contributed by atoms with Crippen LogP contribution >= 0.6 is 12.2 Å². The molecule has 0 aliphatic rings. The Morgan fingerprint density at radius 1 is 1.40 bits per heavy atom. The second-order valence-electron chi connectivity index (χ2n) is 3.00. The molecule has 0 atom stereocenters. The molecule has 3 N–H and O–H groups in total. The number of hydrogen-bond acceptors (Lipinski definition) is 5. The van der Waals surface area contributed by atoms with Crippen LogP contribution in [0.5, 0.6) is 0 Å². The van der Waals surface area contributed by atoms with Crippen LogP contribution in [0.4, 0.5) is 5.95 Å². The van der Waals surface area contributed by atoms with Crippen LogP contribution in [0.1, 0.15) is 5.69 Å². The highest BCUT2D eigenvalue weighted by molar-refractivity contribution is 7.71. The number of nitrogens with one attached hydrogen (secondary N) is 1. The lowest BCUT2D eigenvalue weighted by atomic mass is 10.2. The Bertz CT molecular complexity index is 548. The molecule has 0 aromatic carbocycles. The van der Waals surface area contributed by atoms with E-state index in [-0.39, 0.29) is 10.7 Å². The predicted octanol–water partition coefficient (Wildman–Crippen LogP) is 1.49. The van der Waals surface area contributed by atoms with Gasteiger partial charge in [-0.2, -0.15) is 4.98 Å². The molecule has 0 saturated heterocycles. The van der Waals surface area contributed by atoms with E-state index in [0.717, 1.165) is 11.3 Å². The van der Waals surface area contributed by atoms with E-state index in [1.165, 1.54) is 0 Å². The number of nitrogens with two attached hydrogens (primary N) is 1. The minimum Gasteiger partial charge on any atom is -0.369 e.